The molecule has 69 heavy (non-hydrogen) atoms. The van der Waals surface area contributed by atoms with Crippen molar-refractivity contribution < 1.29 is 23.8 Å². The first-order valence-electron chi connectivity index (χ1n) is 24.0. The third-order valence-corrected chi connectivity index (χ3v) is 15.0. The second-order valence-electron chi connectivity index (χ2n) is 22.8. The Kier molecular flexibility index (Phi) is 10.3. The van der Waals surface area contributed by atoms with Gasteiger partial charge in [-0.3, -0.25) is 0 Å². The van der Waals surface area contributed by atoms with Gasteiger partial charge < -0.3 is 19.1 Å². The van der Waals surface area contributed by atoms with Gasteiger partial charge in [0, 0.05) is 36.7 Å². The zero-order chi connectivity index (χ0) is 48.4. The molecule has 11 rings (SSSR count). The van der Waals surface area contributed by atoms with E-state index in [1.54, 1.807) is 23.9 Å². The van der Waals surface area contributed by atoms with Crippen LogP contribution in [-0.2, 0) is 15.6 Å². The topological polar surface area (TPSA) is 65.1 Å². The van der Waals surface area contributed by atoms with Gasteiger partial charge in [-0.1, -0.05) is 154 Å². The number of carbonyl (C=O) groups is 2. The molecule has 2 heterocycles. The van der Waals surface area contributed by atoms with E-state index in [4.69, 9.17) is 14.2 Å². The van der Waals surface area contributed by atoms with Gasteiger partial charge >= 0.3 is 11.9 Å². The molecule has 0 saturated heterocycles. The number of cyclic esters (lactones) is 2. The summed E-state index contributed by atoms with van der Waals surface area (Å²) in [6.07, 6.45) is 2.01. The second kappa shape index (κ2) is 15.9. The summed E-state index contributed by atoms with van der Waals surface area (Å²) in [7, 11) is 0. The van der Waals surface area contributed by atoms with Crippen LogP contribution in [-0.4, -0.2) is 11.9 Å². The largest absolute Gasteiger partial charge is 0.457 e. The fourth-order valence-electron chi connectivity index (χ4n) is 11.8. The molecule has 0 unspecified atom stereocenters. The summed E-state index contributed by atoms with van der Waals surface area (Å²) in [5.41, 5.74) is 6.35. The molecule has 0 spiro atoms. The summed E-state index contributed by atoms with van der Waals surface area (Å²) in [5.74, 6) is 0.792. The SMILES string of the molecule is CC(C)(C)CC(C)(C)c1ccc(Oc2cc3c4c(cc(Oc5ccc(C(C)(C)CC(C)(C)C)cc5)c5c6ccc(N7c8ccccc8Sc8ccccc87)c7cccc(c2c45)c76)C(=O)OC3=O)cc1. The van der Waals surface area contributed by atoms with Crippen molar-refractivity contribution >= 4 is 83.9 Å². The summed E-state index contributed by atoms with van der Waals surface area (Å²) in [6, 6.07) is 48.0. The molecule has 0 amide bonds. The number of hydrogen-bond donors (Lipinski definition) is 0. The number of fused-ring (bicyclic) bond motifs is 4. The van der Waals surface area contributed by atoms with Crippen LogP contribution in [0.3, 0.4) is 0 Å². The van der Waals surface area contributed by atoms with Gasteiger partial charge in [0.2, 0.25) is 0 Å². The fourth-order valence-corrected chi connectivity index (χ4v) is 12.9. The predicted molar refractivity (Wildman–Crippen MR) is 283 cm³/mol. The maximum atomic E-state index is 14.0. The minimum atomic E-state index is -0.712. The molecule has 0 bridgehead atoms. The van der Waals surface area contributed by atoms with Gasteiger partial charge in [-0.2, -0.15) is 0 Å². The van der Waals surface area contributed by atoms with Crippen molar-refractivity contribution in [2.45, 2.75) is 103 Å². The third-order valence-electron chi connectivity index (χ3n) is 13.9. The Bertz CT molecular complexity index is 3360. The molecule has 0 saturated carbocycles. The fraction of sp³-hybridized carbons (Fsp3) is 0.258. The lowest BCUT2D eigenvalue weighted by Crippen LogP contribution is -2.24. The zero-order valence-corrected chi connectivity index (χ0v) is 41.9. The van der Waals surface area contributed by atoms with Crippen LogP contribution in [0, 0.1) is 10.8 Å². The molecule has 9 aromatic rings. The highest BCUT2D eigenvalue weighted by Crippen LogP contribution is 2.56. The Balaban J connectivity index is 1.18. The number of nitrogens with zero attached hydrogens (tertiary/aromatic N) is 1. The lowest BCUT2D eigenvalue weighted by Gasteiger charge is -2.34. The number of ether oxygens (including phenoxy) is 3. The van der Waals surface area contributed by atoms with E-state index in [0.29, 0.717) is 33.8 Å². The van der Waals surface area contributed by atoms with Crippen molar-refractivity contribution in [3.8, 4) is 23.0 Å². The quantitative estimate of drug-likeness (QED) is 0.0618. The standard InChI is InChI=1S/C62H57NO5S/c1-59(2,3)34-61(7,8)36-22-26-38(27-23-36)66-48-32-43-53-44(58(65)68-57(43)64)33-49(67-39-28-24-37(25-29-39)62(9,10)35-60(4,5)6)55-42-30-31-45(40-16-15-17-41(52(40)42)54(48)56(53)55)63-46-18-11-13-20-50(46)69-51-21-14-12-19-47(51)63/h11-33H,34-35H2,1-10H3. The van der Waals surface area contributed by atoms with Gasteiger partial charge in [0.1, 0.15) is 23.0 Å². The van der Waals surface area contributed by atoms with Crippen LogP contribution in [0.2, 0.25) is 0 Å². The average Bonchev–Trinajstić information content (AvgIpc) is 3.28. The molecule has 9 aromatic carbocycles. The Hall–Kier alpha value is -6.83. The van der Waals surface area contributed by atoms with Crippen LogP contribution < -0.4 is 14.4 Å². The summed E-state index contributed by atoms with van der Waals surface area (Å²) in [4.78, 5) is 32.7. The lowest BCUT2D eigenvalue weighted by atomic mass is 9.72. The van der Waals surface area contributed by atoms with Crippen LogP contribution in [0.25, 0.3) is 43.1 Å². The molecule has 2 aliphatic rings. The molecular weight excluding hydrogens is 871 g/mol. The van der Waals surface area contributed by atoms with Crippen molar-refractivity contribution in [2.24, 2.45) is 10.8 Å². The van der Waals surface area contributed by atoms with E-state index in [9.17, 15) is 9.59 Å². The van der Waals surface area contributed by atoms with Crippen molar-refractivity contribution in [3.05, 3.63) is 162 Å². The average molecular weight is 928 g/mol. The van der Waals surface area contributed by atoms with Crippen LogP contribution >= 0.6 is 11.8 Å². The van der Waals surface area contributed by atoms with E-state index in [2.05, 4.69) is 177 Å². The van der Waals surface area contributed by atoms with Gasteiger partial charge in [0.05, 0.1) is 28.2 Å². The molecule has 0 fully saturated rings. The molecule has 6 nitrogen and oxygen atoms in total. The Morgan fingerprint density at radius 2 is 0.899 bits per heavy atom. The van der Waals surface area contributed by atoms with E-state index in [1.807, 2.05) is 24.3 Å². The van der Waals surface area contributed by atoms with E-state index in [1.165, 1.54) is 20.9 Å². The highest BCUT2D eigenvalue weighted by atomic mass is 32.2. The number of rotatable bonds is 9. The van der Waals surface area contributed by atoms with E-state index >= 15 is 0 Å². The van der Waals surface area contributed by atoms with Crippen LogP contribution in [0.5, 0.6) is 23.0 Å². The van der Waals surface area contributed by atoms with Gasteiger partial charge in [0.25, 0.3) is 0 Å². The highest BCUT2D eigenvalue weighted by molar-refractivity contribution is 7.99. The van der Waals surface area contributed by atoms with Crippen molar-refractivity contribution in [1.29, 1.82) is 0 Å². The van der Waals surface area contributed by atoms with Crippen molar-refractivity contribution in [1.82, 2.24) is 0 Å². The molecule has 0 radical (unpaired) electrons. The molecule has 0 N–H and O–H groups in total. The normalized spacial score (nSPS) is 14.1. The minimum absolute atomic E-state index is 0.0675. The summed E-state index contributed by atoms with van der Waals surface area (Å²) in [5, 5.41) is 6.69. The van der Waals surface area contributed by atoms with Crippen molar-refractivity contribution in [2.75, 3.05) is 4.90 Å². The predicted octanol–water partition coefficient (Wildman–Crippen LogP) is 18.0. The van der Waals surface area contributed by atoms with Gasteiger partial charge in [0.15, 0.2) is 0 Å². The number of hydrogen-bond acceptors (Lipinski definition) is 7. The second-order valence-corrected chi connectivity index (χ2v) is 23.8. The minimum Gasteiger partial charge on any atom is -0.457 e. The Morgan fingerprint density at radius 1 is 0.449 bits per heavy atom. The first kappa shape index (κ1) is 44.7. The highest BCUT2D eigenvalue weighted by Gasteiger charge is 2.36. The smallest absolute Gasteiger partial charge is 0.346 e. The van der Waals surface area contributed by atoms with Crippen molar-refractivity contribution in [3.63, 3.8) is 0 Å². The molecule has 0 atom stereocenters. The Morgan fingerprint density at radius 3 is 1.38 bits per heavy atom. The lowest BCUT2D eigenvalue weighted by molar-refractivity contribution is 0.0390. The Labute approximate surface area is 408 Å². The molecule has 0 aromatic heterocycles. The van der Waals surface area contributed by atoms with E-state index < -0.39 is 11.9 Å². The molecule has 0 aliphatic carbocycles. The summed E-state index contributed by atoms with van der Waals surface area (Å²) in [6.45, 7) is 22.8. The van der Waals surface area contributed by atoms with Gasteiger partial charge in [-0.05, 0) is 129 Å². The molecule has 346 valence electrons. The van der Waals surface area contributed by atoms with Crippen LogP contribution in [0.4, 0.5) is 17.1 Å². The monoisotopic (exact) mass is 927 g/mol. The maximum Gasteiger partial charge on any atom is 0.346 e. The zero-order valence-electron chi connectivity index (χ0n) is 41.1. The number of carbonyl (C=O) groups excluding carboxylic acids is 2. The number of esters is 2. The molecule has 2 aliphatic heterocycles. The van der Waals surface area contributed by atoms with E-state index in [0.717, 1.165) is 62.2 Å². The maximum absolute atomic E-state index is 14.0. The van der Waals surface area contributed by atoms with Crippen LogP contribution in [0.15, 0.2) is 149 Å². The van der Waals surface area contributed by atoms with Crippen LogP contribution in [0.1, 0.15) is 114 Å². The van der Waals surface area contributed by atoms with Gasteiger partial charge in [-0.25, -0.2) is 9.59 Å². The molecule has 7 heteroatoms. The number of para-hydroxylation sites is 2. The number of anilines is 3. The number of benzene rings is 9. The first-order valence-corrected chi connectivity index (χ1v) is 24.8. The summed E-state index contributed by atoms with van der Waals surface area (Å²) >= 11 is 1.78. The summed E-state index contributed by atoms with van der Waals surface area (Å²) < 4.78 is 19.6. The molecular formula is C62H57NO5S. The van der Waals surface area contributed by atoms with Gasteiger partial charge in [-0.15, -0.1) is 0 Å². The third kappa shape index (κ3) is 7.76. The van der Waals surface area contributed by atoms with E-state index in [-0.39, 0.29) is 32.8 Å². The first-order chi connectivity index (χ1) is 32.7.